The number of esters is 6. The van der Waals surface area contributed by atoms with Gasteiger partial charge >= 0.3 is 35.8 Å². The highest BCUT2D eigenvalue weighted by Crippen LogP contribution is 2.38. The van der Waals surface area contributed by atoms with Gasteiger partial charge in [-0.3, -0.25) is 0 Å². The summed E-state index contributed by atoms with van der Waals surface area (Å²) in [6.45, 7) is 21.6. The van der Waals surface area contributed by atoms with Crippen molar-refractivity contribution in [2.45, 2.75) is 122 Å². The molecule has 1 fully saturated rings. The summed E-state index contributed by atoms with van der Waals surface area (Å²) in [4.78, 5) is 80.0. The highest BCUT2D eigenvalue weighted by molar-refractivity contribution is 5.92. The molecule has 1 aliphatic carbocycles. The van der Waals surface area contributed by atoms with Crippen LogP contribution in [0.1, 0.15) is 163 Å². The minimum absolute atomic E-state index is 0.00336. The van der Waals surface area contributed by atoms with Crippen molar-refractivity contribution in [1.82, 2.24) is 0 Å². The fraction of sp³-hybridized carbons (Fsp3) is 0.345. The lowest BCUT2D eigenvalue weighted by molar-refractivity contribution is -0.287. The topological polar surface area (TPSA) is 255 Å². The molecule has 0 aromatic heterocycles. The minimum atomic E-state index is -0.502. The largest absolute Gasteiger partial charge is 0.494 e. The number of nitriles is 1. The molecule has 0 N–H and O–H groups in total. The second-order valence-corrected chi connectivity index (χ2v) is 24.7. The molecule has 108 heavy (non-hydrogen) atoms. The van der Waals surface area contributed by atoms with Gasteiger partial charge in [-0.15, -0.1) is 6.58 Å². The van der Waals surface area contributed by atoms with Crippen LogP contribution in [0.3, 0.4) is 0 Å². The molecule has 0 saturated heterocycles. The quantitative estimate of drug-likeness (QED) is 0.00395. The maximum atomic E-state index is 12.6. The van der Waals surface area contributed by atoms with E-state index in [1.807, 2.05) is 37.3 Å². The van der Waals surface area contributed by atoms with E-state index in [-0.39, 0.29) is 25.3 Å². The molecule has 0 amide bonds. The van der Waals surface area contributed by atoms with Crippen molar-refractivity contribution in [3.05, 3.63) is 248 Å². The molecule has 7 aromatic carbocycles. The predicted octanol–water partition coefficient (Wildman–Crippen LogP) is 18.1. The third-order valence-electron chi connectivity index (χ3n) is 16.5. The molecule has 0 heterocycles. The van der Waals surface area contributed by atoms with Gasteiger partial charge in [0.15, 0.2) is 0 Å². The fourth-order valence-electron chi connectivity index (χ4n) is 10.7. The van der Waals surface area contributed by atoms with Crippen LogP contribution in [-0.2, 0) is 38.4 Å². The molecule has 0 atom stereocenters. The van der Waals surface area contributed by atoms with Crippen molar-refractivity contribution in [3.8, 4) is 57.8 Å². The minimum Gasteiger partial charge on any atom is -0.494 e. The van der Waals surface area contributed by atoms with E-state index in [1.54, 1.807) is 133 Å². The number of aryl methyl sites for hydroxylation is 1. The molecular weight excluding hydrogens is 1380 g/mol. The molecule has 21 heteroatoms. The highest BCUT2D eigenvalue weighted by atomic mass is 17.2. The van der Waals surface area contributed by atoms with Crippen LogP contribution in [-0.4, -0.2) is 102 Å². The van der Waals surface area contributed by atoms with E-state index in [4.69, 9.17) is 71.9 Å². The number of hydrogen-bond donors (Lipinski definition) is 0. The molecule has 0 unspecified atom stereocenters. The van der Waals surface area contributed by atoms with Crippen molar-refractivity contribution in [2.24, 2.45) is 5.92 Å². The van der Waals surface area contributed by atoms with E-state index >= 15 is 0 Å². The first-order chi connectivity index (χ1) is 52.7. The van der Waals surface area contributed by atoms with E-state index in [9.17, 15) is 28.8 Å². The Morgan fingerprint density at radius 1 is 0.407 bits per heavy atom. The molecule has 8 rings (SSSR count). The first-order valence-corrected chi connectivity index (χ1v) is 36.5. The summed E-state index contributed by atoms with van der Waals surface area (Å²) in [6, 6.07) is 49.1. The lowest BCUT2D eigenvalue weighted by Crippen LogP contribution is -2.13. The monoisotopic (exact) mass is 1480 g/mol. The van der Waals surface area contributed by atoms with Crippen LogP contribution in [0.2, 0.25) is 0 Å². The lowest BCUT2D eigenvalue weighted by atomic mass is 9.77. The van der Waals surface area contributed by atoms with Gasteiger partial charge in [0.05, 0.1) is 81.2 Å². The summed E-state index contributed by atoms with van der Waals surface area (Å²) in [5, 5.41) is 8.78. The van der Waals surface area contributed by atoms with Crippen LogP contribution in [0, 0.1) is 24.2 Å². The molecule has 1 saturated carbocycles. The average molecular weight is 1480 g/mol. The van der Waals surface area contributed by atoms with Gasteiger partial charge in [0.2, 0.25) is 6.79 Å². The molecule has 1 aliphatic rings. The Morgan fingerprint density at radius 2 is 0.778 bits per heavy atom. The maximum Gasteiger partial charge on any atom is 0.343 e. The predicted molar refractivity (Wildman–Crippen MR) is 409 cm³/mol. The summed E-state index contributed by atoms with van der Waals surface area (Å²) in [5.41, 5.74) is 3.91. The first-order valence-electron chi connectivity index (χ1n) is 36.5. The number of carbonyl (C=O) groups is 6. The number of hydrogen-bond acceptors (Lipinski definition) is 21. The van der Waals surface area contributed by atoms with Crippen LogP contribution >= 0.6 is 0 Å². The van der Waals surface area contributed by atoms with Gasteiger partial charge < -0.3 is 56.8 Å². The Balaban J connectivity index is 0.000000258. The van der Waals surface area contributed by atoms with Gasteiger partial charge in [0.25, 0.3) is 0 Å². The normalized spacial score (nSPS) is 12.5. The molecule has 7 aromatic rings. The number of carbonyl (C=O) groups excluding carboxylic acids is 6. The second kappa shape index (κ2) is 50.9. The zero-order valence-corrected chi connectivity index (χ0v) is 61.9. The maximum absolute atomic E-state index is 12.6. The van der Waals surface area contributed by atoms with Gasteiger partial charge in [-0.05, 0) is 259 Å². The zero-order chi connectivity index (χ0) is 77.2. The summed E-state index contributed by atoms with van der Waals surface area (Å²) in [6.07, 6.45) is 21.4. The van der Waals surface area contributed by atoms with E-state index < -0.39 is 23.9 Å². The summed E-state index contributed by atoms with van der Waals surface area (Å²) >= 11 is 0. The lowest BCUT2D eigenvalue weighted by Gasteiger charge is -2.28. The number of nitrogens with zero attached hydrogens (tertiary/aromatic N) is 1. The summed E-state index contributed by atoms with van der Waals surface area (Å²) < 4.78 is 65.2. The first kappa shape index (κ1) is 85.5. The molecule has 21 nitrogen and oxygen atoms in total. The zero-order valence-electron chi connectivity index (χ0n) is 61.9. The average Bonchev–Trinajstić information content (AvgIpc) is 0.856. The van der Waals surface area contributed by atoms with Crippen molar-refractivity contribution >= 4 is 35.8 Å². The van der Waals surface area contributed by atoms with Gasteiger partial charge in [-0.2, -0.15) is 5.26 Å². The second-order valence-electron chi connectivity index (χ2n) is 24.7. The number of unbranched alkanes of at least 4 members (excludes halogenated alkanes) is 6. The van der Waals surface area contributed by atoms with Gasteiger partial charge in [0, 0.05) is 31.1 Å². The highest BCUT2D eigenvalue weighted by Gasteiger charge is 2.22. The Labute approximate surface area is 633 Å². The van der Waals surface area contributed by atoms with Crippen LogP contribution in [0.15, 0.2) is 214 Å². The number of rotatable bonds is 45. The fourth-order valence-corrected chi connectivity index (χ4v) is 10.7. The van der Waals surface area contributed by atoms with E-state index in [2.05, 4.69) is 45.4 Å². The Bertz CT molecular complexity index is 3900. The molecular formula is C87H99NO20. The molecule has 0 aliphatic heterocycles. The van der Waals surface area contributed by atoms with Crippen LogP contribution in [0.4, 0.5) is 0 Å². The summed E-state index contributed by atoms with van der Waals surface area (Å²) in [7, 11) is 0. The van der Waals surface area contributed by atoms with Crippen LogP contribution < -0.4 is 42.6 Å². The third-order valence-corrected chi connectivity index (χ3v) is 16.5. The van der Waals surface area contributed by atoms with E-state index in [0.29, 0.717) is 140 Å². The third kappa shape index (κ3) is 34.2. The SMILES string of the molecule is C=CC(=O)OCCCCCCOc1ccc(C(=O)Oc2ccc(C#N)cc2)cc1.C=CC(=O)OCCCCCCOc1ccc(C(=O)Oc2ccc(C3CCC(CCC)CC3)cc2)cc1.C=CCOOCCCOc1ccc(OCOc2ccc(OC(=O)c3ccc(OCCCOC(=O)C=C)cc3)cc2C)cc1. The smallest absolute Gasteiger partial charge is 0.343 e. The Morgan fingerprint density at radius 3 is 1.19 bits per heavy atom. The van der Waals surface area contributed by atoms with E-state index in [0.717, 1.165) is 80.7 Å². The molecule has 0 radical (unpaired) electrons. The van der Waals surface area contributed by atoms with Gasteiger partial charge in [-0.1, -0.05) is 57.7 Å². The molecule has 572 valence electrons. The number of benzene rings is 7. The standard InChI is InChI=1S/C33H36O10.C31H40O5.C23H23NO5/c1-4-18-41-42-22-7-20-37-28-12-14-29(15-13-28)39-24-40-31-17-16-30(23-25(31)3)43-33(35)26-8-10-27(11-9-26)36-19-6-21-38-32(34)5-2;1-3-9-24-10-12-25(13-11-24)26-14-20-29(21-15-26)36-31(33)27-16-18-28(19-17-27)34-22-7-5-6-8-23-35-30(32)4-2;1-2-22(25)28-16-6-4-3-5-15-27-20-13-9-19(10-14-20)23(26)29-21-11-7-18(17-24)8-12-21/h4-5,8-17,23H,1-2,6-7,18-22,24H2,3H3;4,14-21,24-25H,2-3,5-13,22-23H2,1H3;2,7-14H,1,3-6,15-16H2. The van der Waals surface area contributed by atoms with Crippen LogP contribution in [0.5, 0.6) is 51.7 Å². The van der Waals surface area contributed by atoms with Gasteiger partial charge in [-0.25, -0.2) is 38.5 Å². The molecule has 0 bridgehead atoms. The molecule has 0 spiro atoms. The van der Waals surface area contributed by atoms with E-state index in [1.165, 1.54) is 50.2 Å². The summed E-state index contributed by atoms with van der Waals surface area (Å²) in [5.74, 6) is 4.21. The van der Waals surface area contributed by atoms with Crippen molar-refractivity contribution in [1.29, 1.82) is 5.26 Å². The van der Waals surface area contributed by atoms with Crippen molar-refractivity contribution in [3.63, 3.8) is 0 Å². The Kier molecular flexibility index (Phi) is 40.3. The van der Waals surface area contributed by atoms with Gasteiger partial charge in [0.1, 0.15) is 58.4 Å². The van der Waals surface area contributed by atoms with Crippen molar-refractivity contribution in [2.75, 3.05) is 66.3 Å². The van der Waals surface area contributed by atoms with Crippen LogP contribution in [0.25, 0.3) is 0 Å². The van der Waals surface area contributed by atoms with Crippen molar-refractivity contribution < 1.29 is 95.4 Å². The number of ether oxygens (including phenoxy) is 12. The Hall–Kier alpha value is -11.5.